The lowest BCUT2D eigenvalue weighted by Gasteiger charge is -2.50. The number of carbonyl (C=O) groups is 1. The molecule has 246 valence electrons. The molecule has 1 saturated heterocycles. The van der Waals surface area contributed by atoms with Crippen LogP contribution in [0, 0.1) is 17.2 Å². The Bertz CT molecular complexity index is 1780. The van der Waals surface area contributed by atoms with Gasteiger partial charge in [0.25, 0.3) is 0 Å². The first-order chi connectivity index (χ1) is 23.3. The molecule has 1 aliphatic heterocycles. The number of imidazole rings is 1. The number of carbonyl (C=O) groups excluding carboxylic acids is 1. The topological polar surface area (TPSA) is 138 Å². The highest BCUT2D eigenvalue weighted by Gasteiger charge is 2.46. The SMILES string of the molecule is CC(CC#N)Oc1nc(NC(=O)C(C)C)nc2c1ncn2[C@H]1CN(C(c2ccccc2)(c2ccccc2)c2ccccc2)C[C@@H](CO)O1. The Morgan fingerprint density at radius 3 is 2.08 bits per heavy atom. The van der Waals surface area contributed by atoms with E-state index in [1.165, 1.54) is 0 Å². The van der Waals surface area contributed by atoms with Gasteiger partial charge in [0.05, 0.1) is 37.1 Å². The highest BCUT2D eigenvalue weighted by atomic mass is 16.5. The van der Waals surface area contributed by atoms with Crippen molar-refractivity contribution in [3.05, 3.63) is 114 Å². The maximum absolute atomic E-state index is 12.7. The lowest BCUT2D eigenvalue weighted by Crippen LogP contribution is -2.57. The Labute approximate surface area is 279 Å². The van der Waals surface area contributed by atoms with E-state index in [-0.39, 0.29) is 36.7 Å². The zero-order chi connectivity index (χ0) is 33.7. The smallest absolute Gasteiger partial charge is 0.247 e. The third-order valence-electron chi connectivity index (χ3n) is 8.55. The van der Waals surface area contributed by atoms with Gasteiger partial charge in [0.15, 0.2) is 11.2 Å². The summed E-state index contributed by atoms with van der Waals surface area (Å²) in [6, 6.07) is 33.2. The van der Waals surface area contributed by atoms with Crippen LogP contribution in [0.15, 0.2) is 97.3 Å². The first-order valence-electron chi connectivity index (χ1n) is 16.1. The minimum atomic E-state index is -0.748. The van der Waals surface area contributed by atoms with Gasteiger partial charge < -0.3 is 14.6 Å². The van der Waals surface area contributed by atoms with Crippen LogP contribution in [0.4, 0.5) is 5.95 Å². The van der Waals surface area contributed by atoms with Crippen molar-refractivity contribution in [2.75, 3.05) is 25.0 Å². The van der Waals surface area contributed by atoms with Crippen LogP contribution >= 0.6 is 0 Å². The lowest BCUT2D eigenvalue weighted by molar-refractivity contribution is -0.148. The largest absolute Gasteiger partial charge is 0.472 e. The van der Waals surface area contributed by atoms with Crippen molar-refractivity contribution in [1.29, 1.82) is 5.26 Å². The second-order valence-corrected chi connectivity index (χ2v) is 12.2. The molecule has 1 amide bonds. The van der Waals surface area contributed by atoms with Crippen molar-refractivity contribution in [2.45, 2.75) is 51.2 Å². The van der Waals surface area contributed by atoms with Crippen LogP contribution in [-0.2, 0) is 15.1 Å². The number of hydrogen-bond donors (Lipinski definition) is 2. The minimum absolute atomic E-state index is 0.0562. The fraction of sp³-hybridized carbons (Fsp3) is 0.324. The van der Waals surface area contributed by atoms with Gasteiger partial charge in [-0.25, -0.2) is 4.98 Å². The monoisotopic (exact) mass is 645 g/mol. The van der Waals surface area contributed by atoms with E-state index in [0.29, 0.717) is 24.3 Å². The van der Waals surface area contributed by atoms with Crippen molar-refractivity contribution < 1.29 is 19.4 Å². The van der Waals surface area contributed by atoms with E-state index in [2.05, 4.69) is 62.7 Å². The molecule has 5 aromatic rings. The standard InChI is InChI=1S/C37H39N7O4/c1-25(2)34(46)41-36-40-33-32(35(42-36)47-26(3)19-20-38)39-24-44(33)31-22-43(21-30(23-45)48-31)37(27-13-7-4-8-14-27,28-15-9-5-10-16-28)29-17-11-6-12-18-29/h4-18,24-26,30-31,45H,19,21-23H2,1-3H3,(H,40,41,42,46)/t26?,30-,31+/m0/s1. The molecule has 3 heterocycles. The summed E-state index contributed by atoms with van der Waals surface area (Å²) >= 11 is 0. The van der Waals surface area contributed by atoms with Gasteiger partial charge in [0, 0.05) is 19.0 Å². The van der Waals surface area contributed by atoms with Gasteiger partial charge in [-0.1, -0.05) is 105 Å². The van der Waals surface area contributed by atoms with Crippen LogP contribution in [0.2, 0.25) is 0 Å². The number of nitrogens with one attached hydrogen (secondary N) is 1. The fourth-order valence-corrected chi connectivity index (χ4v) is 6.29. The summed E-state index contributed by atoms with van der Waals surface area (Å²) in [6.07, 6.45) is 0.0801. The summed E-state index contributed by atoms with van der Waals surface area (Å²) in [5, 5.41) is 22.6. The molecule has 0 saturated carbocycles. The van der Waals surface area contributed by atoms with Gasteiger partial charge >= 0.3 is 0 Å². The van der Waals surface area contributed by atoms with E-state index in [1.54, 1.807) is 31.7 Å². The van der Waals surface area contributed by atoms with Gasteiger partial charge in [-0.2, -0.15) is 15.2 Å². The van der Waals surface area contributed by atoms with E-state index >= 15 is 0 Å². The average Bonchev–Trinajstić information content (AvgIpc) is 3.54. The normalized spacial score (nSPS) is 17.6. The van der Waals surface area contributed by atoms with Crippen molar-refractivity contribution in [2.24, 2.45) is 5.92 Å². The molecule has 3 atom stereocenters. The maximum atomic E-state index is 12.7. The molecule has 1 aliphatic rings. The minimum Gasteiger partial charge on any atom is -0.472 e. The van der Waals surface area contributed by atoms with E-state index < -0.39 is 24.0 Å². The summed E-state index contributed by atoms with van der Waals surface area (Å²) < 4.78 is 14.4. The van der Waals surface area contributed by atoms with Gasteiger partial charge in [-0.15, -0.1) is 0 Å². The summed E-state index contributed by atoms with van der Waals surface area (Å²) in [7, 11) is 0. The molecule has 0 bridgehead atoms. The number of amides is 1. The number of nitrogens with zero attached hydrogens (tertiary/aromatic N) is 6. The third-order valence-corrected chi connectivity index (χ3v) is 8.55. The Morgan fingerprint density at radius 1 is 0.979 bits per heavy atom. The molecule has 11 nitrogen and oxygen atoms in total. The Kier molecular flexibility index (Phi) is 9.77. The molecular weight excluding hydrogens is 606 g/mol. The number of nitriles is 1. The number of aromatic nitrogens is 4. The molecular formula is C37H39N7O4. The van der Waals surface area contributed by atoms with Crippen molar-refractivity contribution in [1.82, 2.24) is 24.4 Å². The van der Waals surface area contributed by atoms with Crippen LogP contribution in [0.1, 0.15) is 50.1 Å². The Morgan fingerprint density at radius 2 is 1.56 bits per heavy atom. The number of aliphatic hydroxyl groups excluding tert-OH is 1. The molecule has 11 heteroatoms. The van der Waals surface area contributed by atoms with Crippen molar-refractivity contribution in [3.63, 3.8) is 0 Å². The number of aliphatic hydroxyl groups is 1. The predicted molar refractivity (Wildman–Crippen MR) is 181 cm³/mol. The number of hydrogen-bond acceptors (Lipinski definition) is 9. The highest BCUT2D eigenvalue weighted by molar-refractivity contribution is 5.91. The maximum Gasteiger partial charge on any atom is 0.247 e. The molecule has 0 aliphatic carbocycles. The van der Waals surface area contributed by atoms with E-state index in [1.807, 2.05) is 54.6 Å². The van der Waals surface area contributed by atoms with Crippen molar-refractivity contribution in [3.8, 4) is 11.9 Å². The lowest BCUT2D eigenvalue weighted by atomic mass is 9.75. The van der Waals surface area contributed by atoms with Crippen molar-refractivity contribution >= 4 is 23.0 Å². The Balaban J connectivity index is 1.51. The van der Waals surface area contributed by atoms with Crippen LogP contribution in [0.5, 0.6) is 5.88 Å². The molecule has 3 aromatic carbocycles. The molecule has 1 fully saturated rings. The average molecular weight is 646 g/mol. The number of fused-ring (bicyclic) bond motifs is 1. The number of rotatable bonds is 11. The molecule has 48 heavy (non-hydrogen) atoms. The quantitative estimate of drug-likeness (QED) is 0.184. The predicted octanol–water partition coefficient (Wildman–Crippen LogP) is 5.29. The zero-order valence-electron chi connectivity index (χ0n) is 27.2. The summed E-state index contributed by atoms with van der Waals surface area (Å²) in [5.41, 5.74) is 3.21. The number of ether oxygens (including phenoxy) is 2. The summed E-state index contributed by atoms with van der Waals surface area (Å²) in [6.45, 7) is 5.94. The van der Waals surface area contributed by atoms with Crippen LogP contribution in [0.25, 0.3) is 11.2 Å². The number of morpholine rings is 1. The summed E-state index contributed by atoms with van der Waals surface area (Å²) in [5.74, 6) is -0.353. The first kappa shape index (κ1) is 32.8. The number of anilines is 1. The van der Waals surface area contributed by atoms with Crippen LogP contribution in [0.3, 0.4) is 0 Å². The fourth-order valence-electron chi connectivity index (χ4n) is 6.29. The molecule has 6 rings (SSSR count). The molecule has 0 spiro atoms. The zero-order valence-corrected chi connectivity index (χ0v) is 27.2. The van der Waals surface area contributed by atoms with E-state index in [0.717, 1.165) is 16.7 Å². The van der Waals surface area contributed by atoms with Gasteiger partial charge in [0.1, 0.15) is 12.3 Å². The molecule has 0 radical (unpaired) electrons. The van der Waals surface area contributed by atoms with E-state index in [9.17, 15) is 15.2 Å². The molecule has 2 aromatic heterocycles. The third kappa shape index (κ3) is 6.38. The Hall–Kier alpha value is -5.15. The highest BCUT2D eigenvalue weighted by Crippen LogP contribution is 2.45. The second-order valence-electron chi connectivity index (χ2n) is 12.2. The van der Waals surface area contributed by atoms with Crippen LogP contribution < -0.4 is 10.1 Å². The molecule has 2 N–H and O–H groups in total. The van der Waals surface area contributed by atoms with Gasteiger partial charge in [0.2, 0.25) is 17.7 Å². The van der Waals surface area contributed by atoms with Gasteiger partial charge in [-0.3, -0.25) is 19.6 Å². The number of benzene rings is 3. The van der Waals surface area contributed by atoms with Gasteiger partial charge in [-0.05, 0) is 23.6 Å². The summed E-state index contributed by atoms with van der Waals surface area (Å²) in [4.78, 5) is 28.9. The van der Waals surface area contributed by atoms with Crippen LogP contribution in [-0.4, -0.2) is 67.3 Å². The van der Waals surface area contributed by atoms with E-state index in [4.69, 9.17) is 14.5 Å². The molecule has 1 unspecified atom stereocenters. The second kappa shape index (κ2) is 14.3. The first-order valence-corrected chi connectivity index (χ1v) is 16.1.